The third kappa shape index (κ3) is 20.0. The summed E-state index contributed by atoms with van der Waals surface area (Å²) >= 11 is 0. The van der Waals surface area contributed by atoms with Gasteiger partial charge >= 0.3 is 0 Å². The van der Waals surface area contributed by atoms with Gasteiger partial charge in [0.25, 0.3) is 0 Å². The molecular formula is C29H60O3S. The van der Waals surface area contributed by atoms with E-state index in [0.29, 0.717) is 12.2 Å². The molecule has 0 fully saturated rings. The van der Waals surface area contributed by atoms with Crippen molar-refractivity contribution in [1.82, 2.24) is 0 Å². The maximum Gasteiger partial charge on any atom is 0.139 e. The quantitative estimate of drug-likeness (QED) is 0.123. The molecular weight excluding hydrogens is 428 g/mol. The summed E-state index contributed by atoms with van der Waals surface area (Å²) < 4.78 is 18.6. The molecule has 3 atom stereocenters. The first-order valence-electron chi connectivity index (χ1n) is 14.6. The fraction of sp³-hybridized carbons (Fsp3) is 1.00. The molecule has 0 saturated carbocycles. The molecule has 0 aliphatic rings. The average Bonchev–Trinajstić information content (AvgIpc) is 2.82. The summed E-state index contributed by atoms with van der Waals surface area (Å²) in [5.74, 6) is 0.542. The molecule has 4 heteroatoms. The van der Waals surface area contributed by atoms with Crippen LogP contribution in [0, 0.1) is 0 Å². The minimum Gasteiger partial charge on any atom is -0.393 e. The molecule has 0 heterocycles. The minimum absolute atomic E-state index is 0.322. The van der Waals surface area contributed by atoms with Gasteiger partial charge in [0.1, 0.15) is 4.93 Å². The third-order valence-corrected chi connectivity index (χ3v) is 9.12. The molecule has 200 valence electrons. The van der Waals surface area contributed by atoms with Crippen molar-refractivity contribution in [2.24, 2.45) is 0 Å². The van der Waals surface area contributed by atoms with Crippen molar-refractivity contribution in [3.63, 3.8) is 0 Å². The van der Waals surface area contributed by atoms with E-state index in [1.165, 1.54) is 109 Å². The third-order valence-electron chi connectivity index (χ3n) is 7.18. The van der Waals surface area contributed by atoms with Crippen molar-refractivity contribution < 1.29 is 14.1 Å². The smallest absolute Gasteiger partial charge is 0.139 e. The molecule has 0 bridgehead atoms. The summed E-state index contributed by atoms with van der Waals surface area (Å²) in [6, 6.07) is 0. The van der Waals surface area contributed by atoms with E-state index < -0.39 is 15.7 Å². The second-order valence-corrected chi connectivity index (χ2v) is 12.3. The van der Waals surface area contributed by atoms with E-state index in [4.69, 9.17) is 4.74 Å². The number of methoxy groups -OCH3 is 1. The Kier molecular flexibility index (Phi) is 23.8. The van der Waals surface area contributed by atoms with E-state index in [1.807, 2.05) is 6.92 Å². The Morgan fingerprint density at radius 3 is 1.48 bits per heavy atom. The highest BCUT2D eigenvalue weighted by Gasteiger charge is 2.30. The molecule has 0 radical (unpaired) electrons. The zero-order valence-corrected chi connectivity index (χ0v) is 23.8. The van der Waals surface area contributed by atoms with Crippen molar-refractivity contribution in [2.45, 2.75) is 173 Å². The minimum atomic E-state index is -1.05. The molecule has 0 aliphatic carbocycles. The summed E-state index contributed by atoms with van der Waals surface area (Å²) in [5.41, 5.74) is 0. The molecule has 0 aromatic heterocycles. The molecule has 0 amide bonds. The van der Waals surface area contributed by atoms with E-state index in [2.05, 4.69) is 13.8 Å². The molecule has 0 aromatic carbocycles. The summed E-state index contributed by atoms with van der Waals surface area (Å²) in [7, 11) is 0.633. The van der Waals surface area contributed by atoms with Crippen LogP contribution in [-0.2, 0) is 15.5 Å². The first-order chi connectivity index (χ1) is 16.0. The standard InChI is InChI=1S/C29H60O3S/c1-5-7-9-11-13-15-16-17-19-21-23-26-29(3,32-4)33(31)27-25-28(30)24-22-20-18-14-12-10-8-6-2/h28,30H,5-27H2,1-4H3. The fourth-order valence-corrected chi connectivity index (χ4v) is 6.01. The Morgan fingerprint density at radius 1 is 0.667 bits per heavy atom. The first kappa shape index (κ1) is 33.1. The lowest BCUT2D eigenvalue weighted by Crippen LogP contribution is -2.35. The van der Waals surface area contributed by atoms with Crippen LogP contribution in [0.5, 0.6) is 0 Å². The van der Waals surface area contributed by atoms with Crippen molar-refractivity contribution in [2.75, 3.05) is 12.9 Å². The van der Waals surface area contributed by atoms with Crippen LogP contribution in [0.3, 0.4) is 0 Å². The van der Waals surface area contributed by atoms with E-state index in [-0.39, 0.29) is 6.10 Å². The van der Waals surface area contributed by atoms with Gasteiger partial charge in [-0.1, -0.05) is 129 Å². The molecule has 1 N–H and O–H groups in total. The van der Waals surface area contributed by atoms with Gasteiger partial charge in [-0.2, -0.15) is 0 Å². The van der Waals surface area contributed by atoms with Crippen LogP contribution >= 0.6 is 0 Å². The van der Waals surface area contributed by atoms with Gasteiger partial charge in [-0.15, -0.1) is 0 Å². The Bertz CT molecular complexity index is 429. The summed E-state index contributed by atoms with van der Waals surface area (Å²) in [6.07, 6.45) is 26.8. The van der Waals surface area contributed by atoms with E-state index in [0.717, 1.165) is 25.7 Å². The van der Waals surface area contributed by atoms with Gasteiger partial charge in [0.05, 0.1) is 16.9 Å². The SMILES string of the molecule is CCCCCCCCCCCCCC(C)(OC)S(=O)CCC(O)CCCCCCCCCC. The van der Waals surface area contributed by atoms with E-state index in [9.17, 15) is 9.32 Å². The van der Waals surface area contributed by atoms with Crippen LogP contribution in [0.25, 0.3) is 0 Å². The van der Waals surface area contributed by atoms with Gasteiger partial charge in [-0.05, 0) is 32.6 Å². The molecule has 0 spiro atoms. The summed E-state index contributed by atoms with van der Waals surface area (Å²) in [4.78, 5) is -0.572. The monoisotopic (exact) mass is 488 g/mol. The second-order valence-electron chi connectivity index (χ2n) is 10.4. The zero-order chi connectivity index (χ0) is 24.6. The second kappa shape index (κ2) is 23.8. The van der Waals surface area contributed by atoms with Crippen molar-refractivity contribution in [3.8, 4) is 0 Å². The predicted molar refractivity (Wildman–Crippen MR) is 147 cm³/mol. The van der Waals surface area contributed by atoms with Crippen LogP contribution < -0.4 is 0 Å². The average molecular weight is 489 g/mol. The van der Waals surface area contributed by atoms with Crippen molar-refractivity contribution >= 4 is 10.8 Å². The maximum absolute atomic E-state index is 12.9. The lowest BCUT2D eigenvalue weighted by Gasteiger charge is -2.28. The molecule has 0 saturated heterocycles. The Labute approximate surface area is 210 Å². The van der Waals surface area contributed by atoms with Crippen LogP contribution in [0.15, 0.2) is 0 Å². The first-order valence-corrected chi connectivity index (χ1v) is 15.9. The van der Waals surface area contributed by atoms with Gasteiger partial charge < -0.3 is 9.84 Å². The topological polar surface area (TPSA) is 46.5 Å². The summed E-state index contributed by atoms with van der Waals surface area (Å²) in [6.45, 7) is 6.51. The van der Waals surface area contributed by atoms with Crippen molar-refractivity contribution in [1.29, 1.82) is 0 Å². The van der Waals surface area contributed by atoms with Gasteiger partial charge in [-0.25, -0.2) is 0 Å². The highest BCUT2D eigenvalue weighted by Crippen LogP contribution is 2.25. The fourth-order valence-electron chi connectivity index (χ4n) is 4.54. The molecule has 3 unspecified atom stereocenters. The van der Waals surface area contributed by atoms with E-state index >= 15 is 0 Å². The van der Waals surface area contributed by atoms with Crippen LogP contribution in [-0.4, -0.2) is 33.2 Å². The number of aliphatic hydroxyl groups is 1. The molecule has 0 aliphatic heterocycles. The lowest BCUT2D eigenvalue weighted by molar-refractivity contribution is 0.0718. The Hall–Kier alpha value is 0.0700. The normalized spacial score (nSPS) is 15.4. The Morgan fingerprint density at radius 2 is 1.06 bits per heavy atom. The molecule has 0 aromatic rings. The number of rotatable bonds is 26. The number of hydrogen-bond acceptors (Lipinski definition) is 3. The number of unbranched alkanes of at least 4 members (excludes halogenated alkanes) is 17. The van der Waals surface area contributed by atoms with Gasteiger partial charge in [0.2, 0.25) is 0 Å². The lowest BCUT2D eigenvalue weighted by atomic mass is 10.0. The highest BCUT2D eigenvalue weighted by atomic mass is 32.2. The van der Waals surface area contributed by atoms with Gasteiger partial charge in [-0.3, -0.25) is 4.21 Å². The summed E-state index contributed by atoms with van der Waals surface area (Å²) in [5, 5.41) is 10.3. The van der Waals surface area contributed by atoms with Crippen LogP contribution in [0.1, 0.15) is 162 Å². The predicted octanol–water partition coefficient (Wildman–Crippen LogP) is 9.08. The maximum atomic E-state index is 12.9. The number of aliphatic hydroxyl groups excluding tert-OH is 1. The van der Waals surface area contributed by atoms with Gasteiger partial charge in [0, 0.05) is 12.9 Å². The van der Waals surface area contributed by atoms with Gasteiger partial charge in [0.15, 0.2) is 0 Å². The molecule has 3 nitrogen and oxygen atoms in total. The van der Waals surface area contributed by atoms with Crippen molar-refractivity contribution in [3.05, 3.63) is 0 Å². The molecule has 0 rings (SSSR count). The molecule has 33 heavy (non-hydrogen) atoms. The largest absolute Gasteiger partial charge is 0.393 e. The number of ether oxygens (including phenoxy) is 1. The number of hydrogen-bond donors (Lipinski definition) is 1. The highest BCUT2D eigenvalue weighted by molar-refractivity contribution is 7.86. The zero-order valence-electron chi connectivity index (χ0n) is 23.0. The Balaban J connectivity index is 3.79. The van der Waals surface area contributed by atoms with Crippen LogP contribution in [0.2, 0.25) is 0 Å². The van der Waals surface area contributed by atoms with Crippen LogP contribution in [0.4, 0.5) is 0 Å². The van der Waals surface area contributed by atoms with E-state index in [1.54, 1.807) is 7.11 Å².